The normalized spacial score (nSPS) is 28.1. The summed E-state index contributed by atoms with van der Waals surface area (Å²) in [6, 6.07) is 0.417. The molecular weight excluding hydrogens is 282 g/mol. The lowest BCUT2D eigenvalue weighted by Gasteiger charge is -2.14. The maximum atomic E-state index is 11.2. The minimum Gasteiger partial charge on any atom is -0.455 e. The summed E-state index contributed by atoms with van der Waals surface area (Å²) in [5.41, 5.74) is 2.91. The van der Waals surface area contributed by atoms with Crippen LogP contribution in [-0.4, -0.2) is 35.8 Å². The third kappa shape index (κ3) is 3.28. The molecule has 2 unspecified atom stereocenters. The highest BCUT2D eigenvalue weighted by molar-refractivity contribution is 5.80. The van der Waals surface area contributed by atoms with E-state index in [1.54, 1.807) is 0 Å². The fourth-order valence-corrected chi connectivity index (χ4v) is 2.59. The van der Waals surface area contributed by atoms with Crippen LogP contribution < -0.4 is 10.6 Å². The van der Waals surface area contributed by atoms with Crippen LogP contribution in [0.15, 0.2) is 52.3 Å². The van der Waals surface area contributed by atoms with E-state index in [0.717, 1.165) is 18.5 Å². The van der Waals surface area contributed by atoms with Gasteiger partial charge in [0.05, 0.1) is 11.7 Å². The standard InChI is InChI=1S/C16H19N3O3/c1-10-5-6-14-13(7-10)19-16(22-14)18-12-4-2-3-11(8-12)17-15(21)9-20/h2-3,5,7-8,12,14,20H,4,6,9H2,1H3,(H,17,21)(H,18,19). The second-order valence-corrected chi connectivity index (χ2v) is 5.48. The van der Waals surface area contributed by atoms with Gasteiger partial charge in [0.1, 0.15) is 12.7 Å². The van der Waals surface area contributed by atoms with Crippen molar-refractivity contribution < 1.29 is 14.6 Å². The number of hydrogen-bond acceptors (Lipinski definition) is 4. The monoisotopic (exact) mass is 301 g/mol. The Bertz CT molecular complexity index is 629. The lowest BCUT2D eigenvalue weighted by Crippen LogP contribution is -2.27. The van der Waals surface area contributed by atoms with E-state index in [0.29, 0.717) is 11.7 Å². The van der Waals surface area contributed by atoms with Crippen molar-refractivity contribution in [2.45, 2.75) is 31.9 Å². The van der Waals surface area contributed by atoms with Gasteiger partial charge >= 0.3 is 0 Å². The number of carbonyl (C=O) groups is 1. The van der Waals surface area contributed by atoms with Gasteiger partial charge in [-0.15, -0.1) is 0 Å². The van der Waals surface area contributed by atoms with Crippen LogP contribution in [-0.2, 0) is 9.53 Å². The highest BCUT2D eigenvalue weighted by Gasteiger charge is 2.28. The first kappa shape index (κ1) is 14.6. The van der Waals surface area contributed by atoms with Crippen LogP contribution in [0.3, 0.4) is 0 Å². The zero-order valence-corrected chi connectivity index (χ0v) is 12.4. The number of nitrogens with one attached hydrogen (secondary N) is 2. The predicted molar refractivity (Wildman–Crippen MR) is 82.8 cm³/mol. The van der Waals surface area contributed by atoms with Crippen LogP contribution in [0.5, 0.6) is 0 Å². The van der Waals surface area contributed by atoms with E-state index in [-0.39, 0.29) is 12.1 Å². The van der Waals surface area contributed by atoms with Crippen molar-refractivity contribution in [2.24, 2.45) is 4.99 Å². The molecule has 2 atom stereocenters. The molecule has 2 aliphatic carbocycles. The summed E-state index contributed by atoms with van der Waals surface area (Å²) in [5, 5.41) is 14.6. The molecule has 6 nitrogen and oxygen atoms in total. The van der Waals surface area contributed by atoms with E-state index >= 15 is 0 Å². The van der Waals surface area contributed by atoms with E-state index in [2.05, 4.69) is 34.7 Å². The number of ether oxygens (including phenoxy) is 1. The summed E-state index contributed by atoms with van der Waals surface area (Å²) in [4.78, 5) is 15.8. The van der Waals surface area contributed by atoms with E-state index in [1.807, 2.05) is 18.2 Å². The zero-order valence-electron chi connectivity index (χ0n) is 12.4. The van der Waals surface area contributed by atoms with Gasteiger partial charge in [-0.1, -0.05) is 17.7 Å². The number of carbonyl (C=O) groups excluding carboxylic acids is 1. The van der Waals surface area contributed by atoms with Crippen LogP contribution in [0.25, 0.3) is 0 Å². The number of amides is 1. The SMILES string of the molecule is CC1=CCC2OC(=NC3C=C(NC(=O)CO)C=CC3)NC2=C1. The molecule has 3 aliphatic rings. The number of aliphatic imine (C=N–C) groups is 1. The number of nitrogens with zero attached hydrogens (tertiary/aromatic N) is 1. The van der Waals surface area contributed by atoms with Crippen molar-refractivity contribution in [1.29, 1.82) is 0 Å². The number of fused-ring (bicyclic) bond motifs is 1. The molecular formula is C16H19N3O3. The largest absolute Gasteiger partial charge is 0.455 e. The first-order valence-corrected chi connectivity index (χ1v) is 7.33. The van der Waals surface area contributed by atoms with Crippen molar-refractivity contribution in [2.75, 3.05) is 6.61 Å². The average molecular weight is 301 g/mol. The maximum absolute atomic E-state index is 11.2. The second kappa shape index (κ2) is 6.19. The average Bonchev–Trinajstić information content (AvgIpc) is 2.88. The highest BCUT2D eigenvalue weighted by atomic mass is 16.5. The lowest BCUT2D eigenvalue weighted by molar-refractivity contribution is -0.123. The Balaban J connectivity index is 1.67. The number of amidine groups is 1. The second-order valence-electron chi connectivity index (χ2n) is 5.48. The van der Waals surface area contributed by atoms with Crippen LogP contribution in [0.1, 0.15) is 19.8 Å². The first-order chi connectivity index (χ1) is 10.6. The van der Waals surface area contributed by atoms with Crippen molar-refractivity contribution >= 4 is 11.9 Å². The molecule has 0 aromatic heterocycles. The zero-order chi connectivity index (χ0) is 15.5. The van der Waals surface area contributed by atoms with Crippen LogP contribution in [0.4, 0.5) is 0 Å². The van der Waals surface area contributed by atoms with Crippen molar-refractivity contribution in [3.63, 3.8) is 0 Å². The molecule has 0 radical (unpaired) electrons. The Morgan fingerprint density at radius 1 is 1.55 bits per heavy atom. The van der Waals surface area contributed by atoms with Gasteiger partial charge in [-0.25, -0.2) is 4.99 Å². The predicted octanol–water partition coefficient (Wildman–Crippen LogP) is 0.886. The van der Waals surface area contributed by atoms with Gasteiger partial charge in [0.2, 0.25) is 5.91 Å². The Kier molecular flexibility index (Phi) is 4.11. The van der Waals surface area contributed by atoms with Gasteiger partial charge in [-0.2, -0.15) is 0 Å². The molecule has 116 valence electrons. The molecule has 0 aromatic carbocycles. The number of allylic oxidation sites excluding steroid dienone is 3. The quantitative estimate of drug-likeness (QED) is 0.723. The summed E-state index contributed by atoms with van der Waals surface area (Å²) < 4.78 is 5.80. The number of aliphatic hydroxyl groups is 1. The Morgan fingerprint density at radius 3 is 3.23 bits per heavy atom. The van der Waals surface area contributed by atoms with Crippen molar-refractivity contribution in [1.82, 2.24) is 10.6 Å². The van der Waals surface area contributed by atoms with E-state index < -0.39 is 12.5 Å². The summed E-state index contributed by atoms with van der Waals surface area (Å²) in [5.74, 6) is -0.433. The molecule has 3 N–H and O–H groups in total. The molecule has 1 saturated heterocycles. The van der Waals surface area contributed by atoms with Crippen molar-refractivity contribution in [3.05, 3.63) is 47.3 Å². The fourth-order valence-electron chi connectivity index (χ4n) is 2.59. The van der Waals surface area contributed by atoms with Crippen LogP contribution >= 0.6 is 0 Å². The van der Waals surface area contributed by atoms with Crippen molar-refractivity contribution in [3.8, 4) is 0 Å². The topological polar surface area (TPSA) is 83.0 Å². The summed E-state index contributed by atoms with van der Waals surface area (Å²) in [7, 11) is 0. The van der Waals surface area contributed by atoms with Gasteiger partial charge < -0.3 is 20.5 Å². The molecule has 1 amide bonds. The van der Waals surface area contributed by atoms with Gasteiger partial charge in [0, 0.05) is 12.1 Å². The Hall–Kier alpha value is -2.34. The Morgan fingerprint density at radius 2 is 2.41 bits per heavy atom. The molecule has 1 aliphatic heterocycles. The number of hydrogen-bond donors (Lipinski definition) is 3. The third-order valence-electron chi connectivity index (χ3n) is 3.65. The number of rotatable bonds is 3. The summed E-state index contributed by atoms with van der Waals surface area (Å²) >= 11 is 0. The van der Waals surface area contributed by atoms with Crippen LogP contribution in [0.2, 0.25) is 0 Å². The first-order valence-electron chi connectivity index (χ1n) is 7.33. The molecule has 0 bridgehead atoms. The Labute approximate surface area is 129 Å². The minimum absolute atomic E-state index is 0.0270. The molecule has 1 heterocycles. The maximum Gasteiger partial charge on any atom is 0.290 e. The van der Waals surface area contributed by atoms with E-state index in [4.69, 9.17) is 9.84 Å². The summed E-state index contributed by atoms with van der Waals surface area (Å²) in [6.45, 7) is 1.53. The minimum atomic E-state index is -0.531. The van der Waals surface area contributed by atoms with E-state index in [1.165, 1.54) is 5.57 Å². The van der Waals surface area contributed by atoms with Gasteiger partial charge in [-0.3, -0.25) is 4.79 Å². The van der Waals surface area contributed by atoms with E-state index in [9.17, 15) is 4.79 Å². The molecule has 1 fully saturated rings. The smallest absolute Gasteiger partial charge is 0.290 e. The highest BCUT2D eigenvalue weighted by Crippen LogP contribution is 2.24. The molecule has 3 rings (SSSR count). The van der Waals surface area contributed by atoms with Gasteiger partial charge in [-0.05, 0) is 31.6 Å². The van der Waals surface area contributed by atoms with Gasteiger partial charge in [0.15, 0.2) is 0 Å². The van der Waals surface area contributed by atoms with Gasteiger partial charge in [0.25, 0.3) is 6.02 Å². The van der Waals surface area contributed by atoms with Crippen LogP contribution in [0, 0.1) is 0 Å². The summed E-state index contributed by atoms with van der Waals surface area (Å²) in [6.07, 6.45) is 11.4. The molecule has 6 heteroatoms. The fraction of sp³-hybridized carbons (Fsp3) is 0.375. The molecule has 22 heavy (non-hydrogen) atoms. The number of aliphatic hydroxyl groups excluding tert-OH is 1. The molecule has 0 spiro atoms. The lowest BCUT2D eigenvalue weighted by atomic mass is 10.0. The third-order valence-corrected chi connectivity index (χ3v) is 3.65. The molecule has 0 saturated carbocycles. The molecule has 0 aromatic rings.